The molecule has 3 N–H and O–H groups in total. The van der Waals surface area contributed by atoms with E-state index in [-0.39, 0.29) is 6.04 Å². The first kappa shape index (κ1) is 15.0. The summed E-state index contributed by atoms with van der Waals surface area (Å²) < 4.78 is 8.21. The Kier molecular flexibility index (Phi) is 5.11. The number of methoxy groups -OCH3 is 1. The van der Waals surface area contributed by atoms with Crippen molar-refractivity contribution >= 4 is 15.9 Å². The van der Waals surface area contributed by atoms with E-state index >= 15 is 0 Å². The molecule has 0 spiro atoms. The van der Waals surface area contributed by atoms with Crippen molar-refractivity contribution in [3.63, 3.8) is 0 Å². The summed E-state index contributed by atoms with van der Waals surface area (Å²) in [7, 11) is 1.62. The lowest BCUT2D eigenvalue weighted by Crippen LogP contribution is -2.31. The minimum absolute atomic E-state index is 0.226. The molecule has 2 heterocycles. The average molecular weight is 340 g/mol. The number of nitrogens with two attached hydrogens (primary N) is 1. The molecular formula is C13H18BrN5O. The van der Waals surface area contributed by atoms with E-state index in [1.165, 1.54) is 0 Å². The second-order valence-electron chi connectivity index (χ2n) is 4.32. The number of hydrogen-bond donors (Lipinski definition) is 2. The molecule has 0 bridgehead atoms. The van der Waals surface area contributed by atoms with Crippen molar-refractivity contribution in [3.8, 4) is 5.75 Å². The molecule has 0 radical (unpaired) electrons. The maximum Gasteiger partial charge on any atom is 0.142 e. The Morgan fingerprint density at radius 1 is 1.50 bits per heavy atom. The highest BCUT2D eigenvalue weighted by Crippen LogP contribution is 2.32. The van der Waals surface area contributed by atoms with Gasteiger partial charge in [0.05, 0.1) is 35.7 Å². The fraction of sp³-hybridized carbons (Fsp3) is 0.385. The summed E-state index contributed by atoms with van der Waals surface area (Å²) in [6, 6.07) is 1.66. The van der Waals surface area contributed by atoms with E-state index in [2.05, 4.69) is 38.4 Å². The van der Waals surface area contributed by atoms with E-state index < -0.39 is 0 Å². The SMILES string of the molecule is CCCn1ncc(Br)c1C(NN)c1ccncc1OC. The van der Waals surface area contributed by atoms with Gasteiger partial charge in [-0.25, -0.2) is 5.43 Å². The predicted octanol–water partition coefficient (Wildman–Crippen LogP) is 2.01. The van der Waals surface area contributed by atoms with Gasteiger partial charge in [-0.15, -0.1) is 0 Å². The van der Waals surface area contributed by atoms with Crippen LogP contribution in [0.4, 0.5) is 0 Å². The topological polar surface area (TPSA) is 78.0 Å². The van der Waals surface area contributed by atoms with Crippen LogP contribution in [0.5, 0.6) is 5.75 Å². The van der Waals surface area contributed by atoms with Crippen molar-refractivity contribution in [2.45, 2.75) is 25.9 Å². The molecular weight excluding hydrogens is 322 g/mol. The molecule has 2 rings (SSSR count). The summed E-state index contributed by atoms with van der Waals surface area (Å²) in [4.78, 5) is 4.07. The minimum Gasteiger partial charge on any atom is -0.495 e. The minimum atomic E-state index is -0.226. The molecule has 1 unspecified atom stereocenters. The van der Waals surface area contributed by atoms with Crippen LogP contribution in [-0.2, 0) is 6.54 Å². The second kappa shape index (κ2) is 6.83. The predicted molar refractivity (Wildman–Crippen MR) is 80.2 cm³/mol. The van der Waals surface area contributed by atoms with Gasteiger partial charge in [-0.05, 0) is 28.4 Å². The molecule has 0 aliphatic heterocycles. The van der Waals surface area contributed by atoms with Gasteiger partial charge in [0.15, 0.2) is 0 Å². The second-order valence-corrected chi connectivity index (χ2v) is 5.17. The highest BCUT2D eigenvalue weighted by atomic mass is 79.9. The molecule has 0 amide bonds. The summed E-state index contributed by atoms with van der Waals surface area (Å²) in [6.45, 7) is 2.93. The molecule has 2 aromatic heterocycles. The summed E-state index contributed by atoms with van der Waals surface area (Å²) in [5, 5.41) is 4.37. The van der Waals surface area contributed by atoms with Crippen LogP contribution in [-0.4, -0.2) is 21.9 Å². The van der Waals surface area contributed by atoms with Crippen LogP contribution >= 0.6 is 15.9 Å². The molecule has 2 aromatic rings. The van der Waals surface area contributed by atoms with Gasteiger partial charge in [-0.2, -0.15) is 5.10 Å². The number of nitrogens with one attached hydrogen (secondary N) is 1. The normalized spacial score (nSPS) is 12.4. The van der Waals surface area contributed by atoms with Crippen molar-refractivity contribution in [1.29, 1.82) is 0 Å². The molecule has 20 heavy (non-hydrogen) atoms. The number of nitrogens with zero attached hydrogens (tertiary/aromatic N) is 3. The van der Waals surface area contributed by atoms with Crippen molar-refractivity contribution < 1.29 is 4.74 Å². The van der Waals surface area contributed by atoms with Crippen molar-refractivity contribution in [3.05, 3.63) is 40.4 Å². The standard InChI is InChI=1S/C13H18BrN5O/c1-3-6-19-13(10(14)7-17-19)12(18-15)9-4-5-16-8-11(9)20-2/h4-5,7-8,12,18H,3,6,15H2,1-2H3. The Hall–Kier alpha value is -1.44. The molecule has 1 atom stereocenters. The van der Waals surface area contributed by atoms with Gasteiger partial charge in [-0.1, -0.05) is 6.92 Å². The van der Waals surface area contributed by atoms with Gasteiger partial charge in [-0.3, -0.25) is 15.5 Å². The fourth-order valence-electron chi connectivity index (χ4n) is 2.16. The van der Waals surface area contributed by atoms with Crippen molar-refractivity contribution in [2.24, 2.45) is 5.84 Å². The summed E-state index contributed by atoms with van der Waals surface area (Å²) >= 11 is 3.54. The molecule has 0 aliphatic carbocycles. The lowest BCUT2D eigenvalue weighted by Gasteiger charge is -2.20. The average Bonchev–Trinajstić information content (AvgIpc) is 2.83. The van der Waals surface area contributed by atoms with Crippen LogP contribution in [0.1, 0.15) is 30.6 Å². The third kappa shape index (κ3) is 2.84. The highest BCUT2D eigenvalue weighted by Gasteiger charge is 2.23. The lowest BCUT2D eigenvalue weighted by atomic mass is 10.0. The Bertz CT molecular complexity index is 572. The number of pyridine rings is 1. The first-order valence-electron chi connectivity index (χ1n) is 6.38. The Balaban J connectivity index is 2.49. The zero-order valence-corrected chi connectivity index (χ0v) is 13.1. The number of ether oxygens (including phenoxy) is 1. The number of hydrogen-bond acceptors (Lipinski definition) is 5. The van der Waals surface area contributed by atoms with Crippen molar-refractivity contribution in [2.75, 3.05) is 7.11 Å². The van der Waals surface area contributed by atoms with Gasteiger partial charge in [0.25, 0.3) is 0 Å². The van der Waals surface area contributed by atoms with Gasteiger partial charge < -0.3 is 4.74 Å². The van der Waals surface area contributed by atoms with Gasteiger partial charge in [0.1, 0.15) is 5.75 Å². The third-order valence-electron chi connectivity index (χ3n) is 3.06. The highest BCUT2D eigenvalue weighted by molar-refractivity contribution is 9.10. The van der Waals surface area contributed by atoms with E-state index in [4.69, 9.17) is 10.6 Å². The maximum absolute atomic E-state index is 5.77. The monoisotopic (exact) mass is 339 g/mol. The zero-order valence-electron chi connectivity index (χ0n) is 11.5. The van der Waals surface area contributed by atoms with E-state index in [0.717, 1.165) is 28.7 Å². The molecule has 7 heteroatoms. The molecule has 108 valence electrons. The summed E-state index contributed by atoms with van der Waals surface area (Å²) in [5.74, 6) is 6.45. The van der Waals surface area contributed by atoms with Crippen LogP contribution in [0, 0.1) is 0 Å². The molecule has 0 aliphatic rings. The largest absolute Gasteiger partial charge is 0.495 e. The van der Waals surface area contributed by atoms with E-state index in [1.807, 2.05) is 10.7 Å². The zero-order chi connectivity index (χ0) is 14.5. The first-order chi connectivity index (χ1) is 9.72. The number of aryl methyl sites for hydroxylation is 1. The summed E-state index contributed by atoms with van der Waals surface area (Å²) in [5.41, 5.74) is 4.73. The lowest BCUT2D eigenvalue weighted by molar-refractivity contribution is 0.399. The number of rotatable bonds is 6. The molecule has 0 saturated carbocycles. The van der Waals surface area contributed by atoms with Gasteiger partial charge >= 0.3 is 0 Å². The van der Waals surface area contributed by atoms with Crippen LogP contribution in [0.3, 0.4) is 0 Å². The fourth-order valence-corrected chi connectivity index (χ4v) is 2.69. The van der Waals surface area contributed by atoms with E-state index in [9.17, 15) is 0 Å². The van der Waals surface area contributed by atoms with E-state index in [0.29, 0.717) is 5.75 Å². The molecule has 0 saturated heterocycles. The quantitative estimate of drug-likeness (QED) is 0.621. The Labute approximate surface area is 126 Å². The summed E-state index contributed by atoms with van der Waals surface area (Å²) in [6.07, 6.45) is 6.17. The van der Waals surface area contributed by atoms with Crippen molar-refractivity contribution in [1.82, 2.24) is 20.2 Å². The van der Waals surface area contributed by atoms with Gasteiger partial charge in [0.2, 0.25) is 0 Å². The molecule has 0 aromatic carbocycles. The van der Waals surface area contributed by atoms with Crippen LogP contribution in [0.15, 0.2) is 29.1 Å². The van der Waals surface area contributed by atoms with Crippen LogP contribution < -0.4 is 16.0 Å². The van der Waals surface area contributed by atoms with Crippen LogP contribution in [0.2, 0.25) is 0 Å². The smallest absolute Gasteiger partial charge is 0.142 e. The van der Waals surface area contributed by atoms with Crippen LogP contribution in [0.25, 0.3) is 0 Å². The van der Waals surface area contributed by atoms with E-state index in [1.54, 1.807) is 25.7 Å². The molecule has 0 fully saturated rings. The molecule has 6 nitrogen and oxygen atoms in total. The Morgan fingerprint density at radius 2 is 2.30 bits per heavy atom. The third-order valence-corrected chi connectivity index (χ3v) is 3.67. The maximum atomic E-state index is 5.77. The number of aromatic nitrogens is 3. The Morgan fingerprint density at radius 3 is 2.95 bits per heavy atom. The number of hydrazine groups is 1. The van der Waals surface area contributed by atoms with Gasteiger partial charge in [0, 0.05) is 18.3 Å². The first-order valence-corrected chi connectivity index (χ1v) is 7.17. The number of halogens is 1.